The van der Waals surface area contributed by atoms with Gasteiger partial charge in [0.15, 0.2) is 5.79 Å². The Bertz CT molecular complexity index is 332. The van der Waals surface area contributed by atoms with Gasteiger partial charge in [0.25, 0.3) is 0 Å². The maximum Gasteiger partial charge on any atom is 0.309 e. The number of ether oxygens (including phenoxy) is 3. The van der Waals surface area contributed by atoms with Gasteiger partial charge in [0.1, 0.15) is 6.10 Å². The highest BCUT2D eigenvalue weighted by Crippen LogP contribution is 2.41. The molecular formula is C13H20O4. The second kappa shape index (κ2) is 4.78. The Morgan fingerprint density at radius 1 is 1.53 bits per heavy atom. The van der Waals surface area contributed by atoms with E-state index in [1.165, 1.54) is 5.57 Å². The Labute approximate surface area is 102 Å². The van der Waals surface area contributed by atoms with Crippen molar-refractivity contribution in [1.82, 2.24) is 0 Å². The van der Waals surface area contributed by atoms with E-state index in [9.17, 15) is 4.79 Å². The van der Waals surface area contributed by atoms with E-state index < -0.39 is 5.79 Å². The first-order valence-electron chi connectivity index (χ1n) is 6.22. The van der Waals surface area contributed by atoms with Crippen LogP contribution in [0.25, 0.3) is 0 Å². The molecule has 0 aromatic heterocycles. The van der Waals surface area contributed by atoms with E-state index in [1.54, 1.807) is 0 Å². The summed E-state index contributed by atoms with van der Waals surface area (Å²) in [6.45, 7) is 6.09. The van der Waals surface area contributed by atoms with Crippen LogP contribution in [0.1, 0.15) is 40.0 Å². The van der Waals surface area contributed by atoms with Gasteiger partial charge in [-0.3, -0.25) is 4.79 Å². The lowest BCUT2D eigenvalue weighted by Gasteiger charge is -2.18. The van der Waals surface area contributed by atoms with Crippen LogP contribution >= 0.6 is 0 Å². The van der Waals surface area contributed by atoms with Crippen molar-refractivity contribution >= 4 is 5.97 Å². The molecule has 2 aliphatic rings. The van der Waals surface area contributed by atoms with Crippen molar-refractivity contribution < 1.29 is 19.0 Å². The molecule has 96 valence electrons. The van der Waals surface area contributed by atoms with E-state index in [0.29, 0.717) is 13.0 Å². The molecular weight excluding hydrogens is 220 g/mol. The van der Waals surface area contributed by atoms with Gasteiger partial charge in [0, 0.05) is 0 Å². The fourth-order valence-electron chi connectivity index (χ4n) is 2.46. The number of esters is 1. The van der Waals surface area contributed by atoms with Gasteiger partial charge in [-0.2, -0.15) is 0 Å². The van der Waals surface area contributed by atoms with Crippen LogP contribution in [0, 0.1) is 0 Å². The molecule has 17 heavy (non-hydrogen) atoms. The normalized spacial score (nSPS) is 32.8. The average molecular weight is 240 g/mol. The second-order valence-corrected chi connectivity index (χ2v) is 4.92. The quantitative estimate of drug-likeness (QED) is 0.560. The molecule has 2 fully saturated rings. The molecule has 4 nitrogen and oxygen atoms in total. The van der Waals surface area contributed by atoms with Crippen LogP contribution in [-0.2, 0) is 19.0 Å². The van der Waals surface area contributed by atoms with Crippen LogP contribution in [0.2, 0.25) is 0 Å². The Kier molecular flexibility index (Phi) is 3.54. The standard InChI is InChI=1S/C13H20O4/c1-4-15-11(14)8-6-9-5-7-10-12(9)17-13(2,3)16-10/h6,10,12H,4-5,7-8H2,1-3H3/b9-6-. The van der Waals surface area contributed by atoms with Gasteiger partial charge in [-0.15, -0.1) is 0 Å². The third-order valence-electron chi connectivity index (χ3n) is 3.10. The van der Waals surface area contributed by atoms with Crippen LogP contribution < -0.4 is 0 Å². The molecule has 4 heteroatoms. The second-order valence-electron chi connectivity index (χ2n) is 4.92. The average Bonchev–Trinajstić information content (AvgIpc) is 2.71. The van der Waals surface area contributed by atoms with Crippen LogP contribution in [0.5, 0.6) is 0 Å². The number of carbonyl (C=O) groups is 1. The lowest BCUT2D eigenvalue weighted by atomic mass is 10.1. The van der Waals surface area contributed by atoms with Crippen LogP contribution in [-0.4, -0.2) is 30.6 Å². The first-order chi connectivity index (χ1) is 8.02. The van der Waals surface area contributed by atoms with Crippen LogP contribution in [0.4, 0.5) is 0 Å². The fourth-order valence-corrected chi connectivity index (χ4v) is 2.46. The summed E-state index contributed by atoms with van der Waals surface area (Å²) in [5.41, 5.74) is 1.17. The number of rotatable bonds is 3. The molecule has 2 rings (SSSR count). The molecule has 0 N–H and O–H groups in total. The lowest BCUT2D eigenvalue weighted by molar-refractivity contribution is -0.146. The van der Waals surface area contributed by atoms with Gasteiger partial charge in [-0.05, 0) is 39.2 Å². The van der Waals surface area contributed by atoms with Crippen LogP contribution in [0.3, 0.4) is 0 Å². The van der Waals surface area contributed by atoms with Gasteiger partial charge in [-0.1, -0.05) is 6.08 Å². The molecule has 0 aromatic rings. The summed E-state index contributed by atoms with van der Waals surface area (Å²) in [6, 6.07) is 0. The Morgan fingerprint density at radius 3 is 3.00 bits per heavy atom. The van der Waals surface area contributed by atoms with Crippen molar-refractivity contribution in [2.24, 2.45) is 0 Å². The van der Waals surface area contributed by atoms with Gasteiger partial charge in [0.2, 0.25) is 0 Å². The number of hydrogen-bond acceptors (Lipinski definition) is 4. The molecule has 1 saturated heterocycles. The van der Waals surface area contributed by atoms with Crippen molar-refractivity contribution in [1.29, 1.82) is 0 Å². The highest BCUT2D eigenvalue weighted by Gasteiger charge is 2.46. The molecule has 1 aliphatic heterocycles. The zero-order chi connectivity index (χ0) is 12.5. The molecule has 1 saturated carbocycles. The molecule has 2 unspecified atom stereocenters. The zero-order valence-corrected chi connectivity index (χ0v) is 10.7. The van der Waals surface area contributed by atoms with E-state index in [2.05, 4.69) is 0 Å². The van der Waals surface area contributed by atoms with E-state index >= 15 is 0 Å². The smallest absolute Gasteiger partial charge is 0.309 e. The van der Waals surface area contributed by atoms with Crippen molar-refractivity contribution in [3.63, 3.8) is 0 Å². The molecule has 0 aromatic carbocycles. The highest BCUT2D eigenvalue weighted by molar-refractivity contribution is 5.71. The lowest BCUT2D eigenvalue weighted by Crippen LogP contribution is -2.22. The minimum absolute atomic E-state index is 0.0272. The van der Waals surface area contributed by atoms with Crippen molar-refractivity contribution in [2.75, 3.05) is 6.61 Å². The summed E-state index contributed by atoms with van der Waals surface area (Å²) in [6.07, 6.45) is 4.37. The van der Waals surface area contributed by atoms with Gasteiger partial charge in [0.05, 0.1) is 19.1 Å². The summed E-state index contributed by atoms with van der Waals surface area (Å²) < 4.78 is 16.5. The van der Waals surface area contributed by atoms with E-state index in [4.69, 9.17) is 14.2 Å². The van der Waals surface area contributed by atoms with Crippen molar-refractivity contribution in [2.45, 2.75) is 58.0 Å². The summed E-state index contributed by atoms with van der Waals surface area (Å²) in [5, 5.41) is 0. The first-order valence-corrected chi connectivity index (χ1v) is 6.22. The molecule has 1 aliphatic carbocycles. The molecule has 1 heterocycles. The maximum absolute atomic E-state index is 11.3. The number of fused-ring (bicyclic) bond motifs is 1. The Morgan fingerprint density at radius 2 is 2.29 bits per heavy atom. The number of carbonyl (C=O) groups excluding carboxylic acids is 1. The zero-order valence-electron chi connectivity index (χ0n) is 10.7. The molecule has 0 amide bonds. The van der Waals surface area contributed by atoms with Crippen molar-refractivity contribution in [3.05, 3.63) is 11.6 Å². The van der Waals surface area contributed by atoms with Crippen molar-refractivity contribution in [3.8, 4) is 0 Å². The first kappa shape index (κ1) is 12.6. The third-order valence-corrected chi connectivity index (χ3v) is 3.10. The summed E-state index contributed by atoms with van der Waals surface area (Å²) in [5.74, 6) is -0.680. The van der Waals surface area contributed by atoms with Gasteiger partial charge in [-0.25, -0.2) is 0 Å². The largest absolute Gasteiger partial charge is 0.466 e. The third kappa shape index (κ3) is 2.87. The molecule has 0 bridgehead atoms. The van der Waals surface area contributed by atoms with E-state index in [0.717, 1.165) is 12.8 Å². The van der Waals surface area contributed by atoms with Gasteiger partial charge < -0.3 is 14.2 Å². The predicted octanol–water partition coefficient (Wildman–Crippen LogP) is 2.18. The minimum Gasteiger partial charge on any atom is -0.466 e. The van der Waals surface area contributed by atoms with Crippen LogP contribution in [0.15, 0.2) is 11.6 Å². The highest BCUT2D eigenvalue weighted by atomic mass is 16.8. The van der Waals surface area contributed by atoms with E-state index in [1.807, 2.05) is 26.8 Å². The topological polar surface area (TPSA) is 44.8 Å². The number of hydrogen-bond donors (Lipinski definition) is 0. The molecule has 0 spiro atoms. The SMILES string of the molecule is CCOC(=O)C/C=C1/CCC2OC(C)(C)OC12. The Balaban J connectivity index is 1.94. The van der Waals surface area contributed by atoms with E-state index in [-0.39, 0.29) is 18.2 Å². The Hall–Kier alpha value is -0.870. The molecule has 0 radical (unpaired) electrons. The monoisotopic (exact) mass is 240 g/mol. The minimum atomic E-state index is -0.501. The molecule has 2 atom stereocenters. The summed E-state index contributed by atoms with van der Waals surface area (Å²) >= 11 is 0. The summed E-state index contributed by atoms with van der Waals surface area (Å²) in [7, 11) is 0. The predicted molar refractivity (Wildman–Crippen MR) is 62.4 cm³/mol. The maximum atomic E-state index is 11.3. The summed E-state index contributed by atoms with van der Waals surface area (Å²) in [4.78, 5) is 11.3. The van der Waals surface area contributed by atoms with Gasteiger partial charge >= 0.3 is 5.97 Å². The fraction of sp³-hybridized carbons (Fsp3) is 0.769.